The van der Waals surface area contributed by atoms with Crippen molar-refractivity contribution in [1.82, 2.24) is 4.90 Å². The summed E-state index contributed by atoms with van der Waals surface area (Å²) < 4.78 is 0. The third-order valence-corrected chi connectivity index (χ3v) is 3.38. The van der Waals surface area contributed by atoms with Gasteiger partial charge in [-0.2, -0.15) is 0 Å². The normalized spacial score (nSPS) is 15.6. The van der Waals surface area contributed by atoms with Crippen LogP contribution in [-0.2, 0) is 11.3 Å². The summed E-state index contributed by atoms with van der Waals surface area (Å²) in [7, 11) is 0. The summed E-state index contributed by atoms with van der Waals surface area (Å²) in [5, 5.41) is 10.5. The van der Waals surface area contributed by atoms with Gasteiger partial charge in [-0.1, -0.05) is 25.0 Å². The third-order valence-electron chi connectivity index (χ3n) is 3.38. The van der Waals surface area contributed by atoms with Crippen LogP contribution in [0, 0.1) is 10.1 Å². The Hall–Kier alpha value is -1.91. The first kappa shape index (κ1) is 12.5. The number of hydrogen-bond donors (Lipinski definition) is 0. The van der Waals surface area contributed by atoms with E-state index in [-0.39, 0.29) is 11.7 Å². The fraction of sp³-hybridized carbons (Fsp3) is 0.462. The van der Waals surface area contributed by atoms with E-state index in [1.807, 2.05) is 6.41 Å². The predicted molar refractivity (Wildman–Crippen MR) is 66.6 cm³/mol. The molecule has 0 heterocycles. The molecule has 1 saturated carbocycles. The summed E-state index contributed by atoms with van der Waals surface area (Å²) in [6.45, 7) is 0.478. The molecule has 0 aromatic heterocycles. The molecule has 0 saturated heterocycles. The Morgan fingerprint density at radius 1 is 1.28 bits per heavy atom. The molecule has 0 unspecified atom stereocenters. The standard InChI is InChI=1S/C13H15N2O3/c16-10-14(12-3-1-2-4-12)9-11-5-7-13(8-6-11)15(17)18/h5-8,12H,1-4,9H2. The smallest absolute Gasteiger partial charge is 0.312 e. The molecule has 0 bridgehead atoms. The van der Waals surface area contributed by atoms with Crippen LogP contribution in [0.2, 0.25) is 0 Å². The summed E-state index contributed by atoms with van der Waals surface area (Å²) in [6.07, 6.45) is 6.35. The van der Waals surface area contributed by atoms with Crippen molar-refractivity contribution in [2.24, 2.45) is 0 Å². The lowest BCUT2D eigenvalue weighted by molar-refractivity contribution is -0.384. The number of amides is 1. The highest BCUT2D eigenvalue weighted by atomic mass is 16.6. The van der Waals surface area contributed by atoms with Crippen molar-refractivity contribution in [3.8, 4) is 0 Å². The van der Waals surface area contributed by atoms with Gasteiger partial charge in [-0.05, 0) is 18.4 Å². The minimum Gasteiger partial charge on any atom is -0.327 e. The van der Waals surface area contributed by atoms with Crippen LogP contribution in [0.15, 0.2) is 24.3 Å². The number of rotatable bonds is 5. The van der Waals surface area contributed by atoms with Crippen LogP contribution in [0.1, 0.15) is 31.2 Å². The van der Waals surface area contributed by atoms with E-state index in [0.29, 0.717) is 6.54 Å². The van der Waals surface area contributed by atoms with Gasteiger partial charge in [-0.25, -0.2) is 0 Å². The lowest BCUT2D eigenvalue weighted by Crippen LogP contribution is -2.31. The molecule has 95 valence electrons. The van der Waals surface area contributed by atoms with Gasteiger partial charge in [0.15, 0.2) is 0 Å². The zero-order valence-electron chi connectivity index (χ0n) is 10.0. The van der Waals surface area contributed by atoms with E-state index in [1.165, 1.54) is 12.1 Å². The Balaban J connectivity index is 2.02. The van der Waals surface area contributed by atoms with Gasteiger partial charge in [0.2, 0.25) is 0 Å². The molecular weight excluding hydrogens is 232 g/mol. The second kappa shape index (κ2) is 5.62. The van der Waals surface area contributed by atoms with Gasteiger partial charge >= 0.3 is 6.41 Å². The fourth-order valence-corrected chi connectivity index (χ4v) is 2.37. The molecule has 1 aromatic carbocycles. The predicted octanol–water partition coefficient (Wildman–Crippen LogP) is 2.41. The Labute approximate surface area is 106 Å². The third kappa shape index (κ3) is 2.85. The molecule has 1 fully saturated rings. The summed E-state index contributed by atoms with van der Waals surface area (Å²) >= 11 is 0. The number of nitrogens with zero attached hydrogens (tertiary/aromatic N) is 2. The first-order valence-electron chi connectivity index (χ1n) is 6.08. The lowest BCUT2D eigenvalue weighted by atomic mass is 10.1. The van der Waals surface area contributed by atoms with E-state index in [0.717, 1.165) is 31.2 Å². The van der Waals surface area contributed by atoms with Crippen molar-refractivity contribution in [1.29, 1.82) is 0 Å². The van der Waals surface area contributed by atoms with Gasteiger partial charge in [0.1, 0.15) is 0 Å². The summed E-state index contributed by atoms with van der Waals surface area (Å²) in [5.41, 5.74) is 0.970. The number of hydrogen-bond acceptors (Lipinski definition) is 3. The number of non-ortho nitro benzene ring substituents is 1. The maximum Gasteiger partial charge on any atom is 0.312 e. The van der Waals surface area contributed by atoms with E-state index in [9.17, 15) is 14.9 Å². The molecule has 1 amide bonds. The highest BCUT2D eigenvalue weighted by Gasteiger charge is 2.22. The monoisotopic (exact) mass is 247 g/mol. The quantitative estimate of drug-likeness (QED) is 0.456. The highest BCUT2D eigenvalue weighted by Crippen LogP contribution is 2.24. The molecule has 5 nitrogen and oxygen atoms in total. The molecule has 0 spiro atoms. The van der Waals surface area contributed by atoms with Crippen LogP contribution < -0.4 is 0 Å². The topological polar surface area (TPSA) is 63.5 Å². The van der Waals surface area contributed by atoms with Crippen molar-refractivity contribution in [2.75, 3.05) is 0 Å². The lowest BCUT2D eigenvalue weighted by Gasteiger charge is -2.23. The highest BCUT2D eigenvalue weighted by molar-refractivity contribution is 5.49. The summed E-state index contributed by atoms with van der Waals surface area (Å²) in [4.78, 5) is 22.7. The van der Waals surface area contributed by atoms with E-state index in [4.69, 9.17) is 0 Å². The van der Waals surface area contributed by atoms with Crippen LogP contribution in [0.3, 0.4) is 0 Å². The van der Waals surface area contributed by atoms with Gasteiger partial charge in [0.25, 0.3) is 5.69 Å². The SMILES string of the molecule is O=[C]N(Cc1ccc([N+](=O)[O-])cc1)C1CCCC1. The largest absolute Gasteiger partial charge is 0.327 e. The Morgan fingerprint density at radius 3 is 2.39 bits per heavy atom. The zero-order valence-corrected chi connectivity index (χ0v) is 10.0. The second-order valence-corrected chi connectivity index (χ2v) is 4.58. The molecule has 0 N–H and O–H groups in total. The molecule has 0 atom stereocenters. The van der Waals surface area contributed by atoms with Crippen LogP contribution in [0.4, 0.5) is 5.69 Å². The first-order chi connectivity index (χ1) is 8.70. The van der Waals surface area contributed by atoms with E-state index < -0.39 is 4.92 Å². The minimum atomic E-state index is -0.426. The Morgan fingerprint density at radius 2 is 1.89 bits per heavy atom. The van der Waals surface area contributed by atoms with Crippen molar-refractivity contribution in [2.45, 2.75) is 38.3 Å². The van der Waals surface area contributed by atoms with Gasteiger partial charge < -0.3 is 4.90 Å². The summed E-state index contributed by atoms with van der Waals surface area (Å²) in [5.74, 6) is 0. The van der Waals surface area contributed by atoms with E-state index in [1.54, 1.807) is 17.0 Å². The number of benzene rings is 1. The minimum absolute atomic E-state index is 0.0706. The molecule has 1 radical (unpaired) electrons. The molecule has 1 aliphatic rings. The molecule has 1 aromatic rings. The van der Waals surface area contributed by atoms with Crippen molar-refractivity contribution in [3.63, 3.8) is 0 Å². The van der Waals surface area contributed by atoms with Gasteiger partial charge in [-0.3, -0.25) is 14.9 Å². The maximum atomic E-state index is 11.0. The van der Waals surface area contributed by atoms with E-state index in [2.05, 4.69) is 0 Å². The van der Waals surface area contributed by atoms with Crippen molar-refractivity contribution >= 4 is 12.1 Å². The molecule has 5 heteroatoms. The Kier molecular flexibility index (Phi) is 3.92. The van der Waals surface area contributed by atoms with Crippen LogP contribution in [0.25, 0.3) is 0 Å². The number of nitro benzene ring substituents is 1. The van der Waals surface area contributed by atoms with Gasteiger partial charge in [0.05, 0.1) is 4.92 Å². The van der Waals surface area contributed by atoms with Crippen LogP contribution in [-0.4, -0.2) is 22.3 Å². The van der Waals surface area contributed by atoms with E-state index >= 15 is 0 Å². The average molecular weight is 247 g/mol. The second-order valence-electron chi connectivity index (χ2n) is 4.58. The van der Waals surface area contributed by atoms with Crippen molar-refractivity contribution in [3.05, 3.63) is 39.9 Å². The number of nitro groups is 1. The fourth-order valence-electron chi connectivity index (χ4n) is 2.37. The zero-order chi connectivity index (χ0) is 13.0. The Bertz CT molecular complexity index is 424. The van der Waals surface area contributed by atoms with Crippen LogP contribution >= 0.6 is 0 Å². The van der Waals surface area contributed by atoms with Crippen molar-refractivity contribution < 1.29 is 9.72 Å². The maximum absolute atomic E-state index is 11.0. The molecule has 1 aliphatic carbocycles. The average Bonchev–Trinajstić information content (AvgIpc) is 2.90. The number of carbonyl (C=O) groups excluding carboxylic acids is 1. The molecule has 2 rings (SSSR count). The molecule has 18 heavy (non-hydrogen) atoms. The summed E-state index contributed by atoms with van der Waals surface area (Å²) in [6, 6.07) is 6.59. The van der Waals surface area contributed by atoms with Gasteiger partial charge in [-0.15, -0.1) is 0 Å². The molecular formula is C13H15N2O3. The first-order valence-corrected chi connectivity index (χ1v) is 6.08. The molecule has 0 aliphatic heterocycles. The van der Waals surface area contributed by atoms with Crippen LogP contribution in [0.5, 0.6) is 0 Å². The van der Waals surface area contributed by atoms with Gasteiger partial charge in [0, 0.05) is 24.7 Å².